The van der Waals surface area contributed by atoms with E-state index in [1.54, 1.807) is 11.0 Å². The molecule has 4 heterocycles. The van der Waals surface area contributed by atoms with Gasteiger partial charge in [0.25, 0.3) is 5.91 Å². The van der Waals surface area contributed by atoms with Crippen LogP contribution in [0.1, 0.15) is 15.9 Å². The molecule has 178 valence electrons. The Morgan fingerprint density at radius 2 is 1.91 bits per heavy atom. The zero-order valence-electron chi connectivity index (χ0n) is 18.6. The number of likely N-dealkylation sites (tertiary alicyclic amines) is 1. The number of halogens is 3. The van der Waals surface area contributed by atoms with Crippen molar-refractivity contribution >= 4 is 22.7 Å². The molecule has 0 saturated carbocycles. The van der Waals surface area contributed by atoms with Crippen molar-refractivity contribution in [2.24, 2.45) is 0 Å². The minimum atomic E-state index is -4.39. The summed E-state index contributed by atoms with van der Waals surface area (Å²) in [6, 6.07) is 11.4. The lowest BCUT2D eigenvalue weighted by Crippen LogP contribution is -2.65. The fourth-order valence-corrected chi connectivity index (χ4v) is 4.53. The maximum absolute atomic E-state index is 13.0. The Bertz CT molecular complexity index is 1230. The molecule has 2 aliphatic heterocycles. The minimum Gasteiger partial charge on any atom is -0.335 e. The molecule has 0 atom stereocenters. The number of hydrogen-bond acceptors (Lipinski definition) is 4. The van der Waals surface area contributed by atoms with Crippen LogP contribution in [0.2, 0.25) is 0 Å². The number of hydrogen-bond donors (Lipinski definition) is 0. The van der Waals surface area contributed by atoms with Gasteiger partial charge < -0.3 is 14.4 Å². The van der Waals surface area contributed by atoms with E-state index in [1.807, 2.05) is 59.1 Å². The fraction of sp³-hybridized carbons (Fsp3) is 0.375. The van der Waals surface area contributed by atoms with Gasteiger partial charge in [0.15, 0.2) is 0 Å². The van der Waals surface area contributed by atoms with Crippen molar-refractivity contribution in [2.75, 3.05) is 39.3 Å². The van der Waals surface area contributed by atoms with Crippen molar-refractivity contribution in [1.29, 1.82) is 0 Å². The van der Waals surface area contributed by atoms with Gasteiger partial charge in [-0.2, -0.15) is 13.2 Å². The Morgan fingerprint density at radius 1 is 1.12 bits per heavy atom. The van der Waals surface area contributed by atoms with Gasteiger partial charge in [0.05, 0.1) is 12.1 Å². The van der Waals surface area contributed by atoms with Crippen LogP contribution in [-0.2, 0) is 4.79 Å². The molecular weight excluding hydrogens is 447 g/mol. The summed E-state index contributed by atoms with van der Waals surface area (Å²) >= 11 is 0. The summed E-state index contributed by atoms with van der Waals surface area (Å²) in [6.45, 7) is 2.06. The topological polar surface area (TPSA) is 61.7 Å². The zero-order chi connectivity index (χ0) is 24.0. The molecule has 2 saturated heterocycles. The number of amides is 2. The molecule has 0 spiro atoms. The summed E-state index contributed by atoms with van der Waals surface area (Å²) < 4.78 is 39.7. The van der Waals surface area contributed by atoms with Crippen LogP contribution in [0.5, 0.6) is 0 Å². The molecule has 1 aromatic carbocycles. The summed E-state index contributed by atoms with van der Waals surface area (Å²) in [5.74, 6) is 0.183. The molecule has 0 radical (unpaired) electrons. The number of carbonyl (C=O) groups is 2. The second kappa shape index (κ2) is 8.43. The Labute approximate surface area is 194 Å². The lowest BCUT2D eigenvalue weighted by Gasteiger charge is -2.47. The van der Waals surface area contributed by atoms with Gasteiger partial charge in [-0.15, -0.1) is 0 Å². The molecule has 2 aromatic heterocycles. The zero-order valence-corrected chi connectivity index (χ0v) is 18.6. The van der Waals surface area contributed by atoms with E-state index in [-0.39, 0.29) is 25.0 Å². The largest absolute Gasteiger partial charge is 0.406 e. The number of alkyl halides is 3. The number of pyridine rings is 1. The molecular formula is C24H24F3N5O2. The summed E-state index contributed by atoms with van der Waals surface area (Å²) in [4.78, 5) is 34.0. The third-order valence-corrected chi connectivity index (χ3v) is 6.46. The third-order valence-electron chi connectivity index (χ3n) is 6.46. The van der Waals surface area contributed by atoms with Crippen LogP contribution in [0.4, 0.5) is 13.2 Å². The lowest BCUT2D eigenvalue weighted by molar-refractivity contribution is -0.167. The average molecular weight is 471 g/mol. The molecule has 0 unspecified atom stereocenters. The molecule has 0 aliphatic carbocycles. The first-order chi connectivity index (χ1) is 16.2. The molecule has 0 bridgehead atoms. The third kappa shape index (κ3) is 4.37. The van der Waals surface area contributed by atoms with E-state index in [1.165, 1.54) is 0 Å². The fourth-order valence-electron chi connectivity index (χ4n) is 4.53. The Balaban J connectivity index is 1.21. The summed E-state index contributed by atoms with van der Waals surface area (Å²) in [5, 5.41) is 0.927. The normalized spacial score (nSPS) is 17.9. The van der Waals surface area contributed by atoms with Crippen LogP contribution >= 0.6 is 0 Å². The predicted octanol–water partition coefficient (Wildman–Crippen LogP) is 2.86. The van der Waals surface area contributed by atoms with Gasteiger partial charge in [-0.1, -0.05) is 6.07 Å². The van der Waals surface area contributed by atoms with Gasteiger partial charge in [-0.05, 0) is 42.8 Å². The maximum Gasteiger partial charge on any atom is 0.406 e. The van der Waals surface area contributed by atoms with Crippen LogP contribution in [0, 0.1) is 6.92 Å². The van der Waals surface area contributed by atoms with Gasteiger partial charge in [0.2, 0.25) is 5.91 Å². The summed E-state index contributed by atoms with van der Waals surface area (Å²) in [7, 11) is 0. The maximum atomic E-state index is 13.0. The number of benzene rings is 1. The van der Waals surface area contributed by atoms with E-state index in [4.69, 9.17) is 0 Å². The molecule has 5 rings (SSSR count). The number of nitrogens with zero attached hydrogens (tertiary/aromatic N) is 5. The van der Waals surface area contributed by atoms with Gasteiger partial charge >= 0.3 is 6.18 Å². The van der Waals surface area contributed by atoms with Crippen molar-refractivity contribution in [3.63, 3.8) is 0 Å². The van der Waals surface area contributed by atoms with Crippen molar-refractivity contribution in [3.8, 4) is 5.82 Å². The van der Waals surface area contributed by atoms with Crippen LogP contribution in [-0.4, -0.2) is 87.6 Å². The average Bonchev–Trinajstić information content (AvgIpc) is 3.17. The van der Waals surface area contributed by atoms with Crippen LogP contribution < -0.4 is 0 Å². The van der Waals surface area contributed by atoms with Gasteiger partial charge in [-0.3, -0.25) is 14.5 Å². The molecule has 3 aromatic rings. The minimum absolute atomic E-state index is 0.0154. The molecule has 2 amide bonds. The van der Waals surface area contributed by atoms with Crippen molar-refractivity contribution < 1.29 is 22.8 Å². The Kier molecular flexibility index (Phi) is 5.55. The van der Waals surface area contributed by atoms with E-state index in [2.05, 4.69) is 4.98 Å². The second-order valence-corrected chi connectivity index (χ2v) is 8.92. The number of piperazine rings is 1. The SMILES string of the molecule is Cc1ccc(-n2ccc3cc(C(=O)N4CC(N5CCN(CC(F)(F)F)C(=O)C5)C4)ccc32)nc1. The van der Waals surface area contributed by atoms with Crippen LogP contribution in [0.15, 0.2) is 48.8 Å². The standard InChI is InChI=1S/C24H24F3N5O2/c1-16-2-5-21(28-11-16)32-7-6-17-10-18(3-4-20(17)32)23(34)31-12-19(13-31)29-8-9-30(22(33)14-29)15-24(25,26)27/h2-7,10-11,19H,8-9,12-15H2,1H3. The van der Waals surface area contributed by atoms with E-state index in [0.717, 1.165) is 27.2 Å². The number of aromatic nitrogens is 2. The Morgan fingerprint density at radius 3 is 2.59 bits per heavy atom. The van der Waals surface area contributed by atoms with E-state index in [9.17, 15) is 22.8 Å². The first kappa shape index (κ1) is 22.4. The van der Waals surface area contributed by atoms with Crippen molar-refractivity contribution in [2.45, 2.75) is 19.1 Å². The Hall–Kier alpha value is -3.40. The first-order valence-corrected chi connectivity index (χ1v) is 11.1. The predicted molar refractivity (Wildman–Crippen MR) is 120 cm³/mol. The highest BCUT2D eigenvalue weighted by molar-refractivity contribution is 5.99. The number of fused-ring (bicyclic) bond motifs is 1. The molecule has 0 N–H and O–H groups in total. The summed E-state index contributed by atoms with van der Waals surface area (Å²) in [5.41, 5.74) is 2.60. The van der Waals surface area contributed by atoms with Crippen LogP contribution in [0.25, 0.3) is 16.7 Å². The highest BCUT2D eigenvalue weighted by Crippen LogP contribution is 2.25. The smallest absolute Gasteiger partial charge is 0.335 e. The number of aryl methyl sites for hydroxylation is 1. The monoisotopic (exact) mass is 471 g/mol. The van der Waals surface area contributed by atoms with E-state index in [0.29, 0.717) is 25.2 Å². The lowest BCUT2D eigenvalue weighted by atomic mass is 10.0. The molecule has 2 aliphatic rings. The van der Waals surface area contributed by atoms with E-state index < -0.39 is 18.6 Å². The summed E-state index contributed by atoms with van der Waals surface area (Å²) in [6.07, 6.45) is -0.662. The molecule has 2 fully saturated rings. The van der Waals surface area contributed by atoms with Crippen LogP contribution in [0.3, 0.4) is 0 Å². The second-order valence-electron chi connectivity index (χ2n) is 8.92. The molecule has 10 heteroatoms. The molecule has 7 nitrogen and oxygen atoms in total. The van der Waals surface area contributed by atoms with Gasteiger partial charge in [0, 0.05) is 55.6 Å². The van der Waals surface area contributed by atoms with Crippen molar-refractivity contribution in [1.82, 2.24) is 24.3 Å². The van der Waals surface area contributed by atoms with Gasteiger partial charge in [-0.25, -0.2) is 4.98 Å². The molecule has 34 heavy (non-hydrogen) atoms. The highest BCUT2D eigenvalue weighted by atomic mass is 19.4. The number of carbonyl (C=O) groups excluding carboxylic acids is 2. The first-order valence-electron chi connectivity index (χ1n) is 11.1. The highest BCUT2D eigenvalue weighted by Gasteiger charge is 2.40. The van der Waals surface area contributed by atoms with E-state index >= 15 is 0 Å². The van der Waals surface area contributed by atoms with Gasteiger partial charge in [0.1, 0.15) is 12.4 Å². The number of rotatable bonds is 4. The van der Waals surface area contributed by atoms with Crippen molar-refractivity contribution in [3.05, 3.63) is 59.9 Å². The quantitative estimate of drug-likeness (QED) is 0.587.